The predicted molar refractivity (Wildman–Crippen MR) is 113 cm³/mol. The molecule has 4 aromatic heterocycles. The van der Waals surface area contributed by atoms with Gasteiger partial charge in [-0.3, -0.25) is 0 Å². The van der Waals surface area contributed by atoms with Crippen molar-refractivity contribution in [2.75, 3.05) is 0 Å². The fourth-order valence-electron chi connectivity index (χ4n) is 4.30. The lowest BCUT2D eigenvalue weighted by Crippen LogP contribution is -2.03. The van der Waals surface area contributed by atoms with E-state index in [0.717, 1.165) is 34.8 Å². The van der Waals surface area contributed by atoms with Crippen molar-refractivity contribution in [3.63, 3.8) is 0 Å². The summed E-state index contributed by atoms with van der Waals surface area (Å²) in [5.41, 5.74) is 7.07. The van der Waals surface area contributed by atoms with E-state index in [2.05, 4.69) is 67.9 Å². The highest BCUT2D eigenvalue weighted by Crippen LogP contribution is 2.34. The first-order valence-electron chi connectivity index (χ1n) is 9.62. The molecule has 0 bridgehead atoms. The Morgan fingerprint density at radius 1 is 0.893 bits per heavy atom. The first-order valence-corrected chi connectivity index (χ1v) is 9.62. The Bertz CT molecular complexity index is 1320. The summed E-state index contributed by atoms with van der Waals surface area (Å²) >= 11 is 0. The fraction of sp³-hybridized carbons (Fsp3) is 0.208. The Kier molecular flexibility index (Phi) is 3.69. The zero-order chi connectivity index (χ0) is 19.4. The molecule has 0 aliphatic rings. The summed E-state index contributed by atoms with van der Waals surface area (Å²) in [7, 11) is 0. The number of rotatable bonds is 3. The number of hydrogen-bond acceptors (Lipinski definition) is 2. The molecule has 0 aliphatic heterocycles. The third kappa shape index (κ3) is 2.48. The van der Waals surface area contributed by atoms with Crippen LogP contribution in [0.5, 0.6) is 0 Å². The Hall–Kier alpha value is -3.27. The van der Waals surface area contributed by atoms with Crippen molar-refractivity contribution in [2.45, 2.75) is 34.2 Å². The third-order valence-electron chi connectivity index (χ3n) is 5.67. The molecule has 28 heavy (non-hydrogen) atoms. The van der Waals surface area contributed by atoms with Gasteiger partial charge in [0.05, 0.1) is 11.2 Å². The summed E-state index contributed by atoms with van der Waals surface area (Å²) in [6.07, 6.45) is 2.06. The molecule has 0 spiro atoms. The summed E-state index contributed by atoms with van der Waals surface area (Å²) in [6, 6.07) is 16.8. The largest absolute Gasteiger partial charge is 0.461 e. The molecule has 140 valence electrons. The van der Waals surface area contributed by atoms with Crippen LogP contribution in [0, 0.1) is 27.7 Å². The molecule has 5 rings (SSSR count). The molecule has 5 aromatic rings. The van der Waals surface area contributed by atoms with Crippen molar-refractivity contribution in [1.29, 1.82) is 0 Å². The van der Waals surface area contributed by atoms with Gasteiger partial charge in [-0.05, 0) is 51.5 Å². The first kappa shape index (κ1) is 16.9. The Labute approximate surface area is 164 Å². The maximum Gasteiger partial charge on any atom is 0.135 e. The van der Waals surface area contributed by atoms with E-state index in [-0.39, 0.29) is 0 Å². The van der Waals surface area contributed by atoms with E-state index in [1.807, 2.05) is 23.6 Å². The van der Waals surface area contributed by atoms with Crippen LogP contribution in [0.3, 0.4) is 0 Å². The Morgan fingerprint density at radius 2 is 1.64 bits per heavy atom. The van der Waals surface area contributed by atoms with Crippen molar-refractivity contribution in [1.82, 2.24) is 14.2 Å². The monoisotopic (exact) mass is 369 g/mol. The molecule has 0 aliphatic carbocycles. The van der Waals surface area contributed by atoms with Crippen molar-refractivity contribution >= 4 is 16.3 Å². The van der Waals surface area contributed by atoms with Gasteiger partial charge in [0.2, 0.25) is 0 Å². The van der Waals surface area contributed by atoms with Gasteiger partial charge in [-0.1, -0.05) is 30.3 Å². The number of aryl methyl sites for hydroxylation is 4. The number of hydrogen-bond donors (Lipinski definition) is 0. The number of furan rings is 1. The Morgan fingerprint density at radius 3 is 2.36 bits per heavy atom. The molecule has 0 saturated carbocycles. The minimum absolute atomic E-state index is 0.865. The van der Waals surface area contributed by atoms with Crippen LogP contribution >= 0.6 is 0 Å². The molecular formula is C24H23N3O. The summed E-state index contributed by atoms with van der Waals surface area (Å²) in [4.78, 5) is 0. The topological polar surface area (TPSA) is 35.4 Å². The van der Waals surface area contributed by atoms with E-state index < -0.39 is 0 Å². The highest BCUT2D eigenvalue weighted by molar-refractivity contribution is 6.02. The SMILES string of the molecule is Cc1ccc(-c2cc3c4c(C)n(Cc5ccccc5)c(C)c4c(C)nn3c2)o1. The molecule has 0 atom stereocenters. The lowest BCUT2D eigenvalue weighted by Gasteiger charge is -2.09. The van der Waals surface area contributed by atoms with Gasteiger partial charge in [0, 0.05) is 40.5 Å². The molecule has 0 unspecified atom stereocenters. The summed E-state index contributed by atoms with van der Waals surface area (Å²) in [6.45, 7) is 9.34. The molecule has 0 saturated heterocycles. The van der Waals surface area contributed by atoms with E-state index in [9.17, 15) is 0 Å². The van der Waals surface area contributed by atoms with Gasteiger partial charge >= 0.3 is 0 Å². The molecule has 0 radical (unpaired) electrons. The molecule has 4 nitrogen and oxygen atoms in total. The second-order valence-electron chi connectivity index (χ2n) is 7.55. The number of benzene rings is 1. The molecule has 1 aromatic carbocycles. The fourth-order valence-corrected chi connectivity index (χ4v) is 4.30. The normalized spacial score (nSPS) is 11.7. The molecule has 0 N–H and O–H groups in total. The maximum absolute atomic E-state index is 5.83. The molecule has 4 heteroatoms. The predicted octanol–water partition coefficient (Wildman–Crippen LogP) is 5.83. The van der Waals surface area contributed by atoms with Gasteiger partial charge < -0.3 is 8.98 Å². The van der Waals surface area contributed by atoms with Gasteiger partial charge in [-0.25, -0.2) is 4.52 Å². The quantitative estimate of drug-likeness (QED) is 0.401. The standard InChI is InChI=1S/C24H23N3O/c1-15-10-11-22(28-15)20-12-21-24-18(4)26(13-19-8-6-5-7-9-19)17(3)23(24)16(2)25-27(21)14-20/h5-12,14H,13H2,1-4H3. The van der Waals surface area contributed by atoms with E-state index in [1.54, 1.807) is 0 Å². The molecule has 4 heterocycles. The van der Waals surface area contributed by atoms with Crippen LogP contribution in [0.1, 0.15) is 28.4 Å². The lowest BCUT2D eigenvalue weighted by atomic mass is 10.1. The smallest absolute Gasteiger partial charge is 0.135 e. The summed E-state index contributed by atoms with van der Waals surface area (Å²) < 4.78 is 10.2. The van der Waals surface area contributed by atoms with Crippen LogP contribution in [0.2, 0.25) is 0 Å². The molecular weight excluding hydrogens is 346 g/mol. The van der Waals surface area contributed by atoms with Crippen LogP contribution in [-0.2, 0) is 6.54 Å². The van der Waals surface area contributed by atoms with Gasteiger partial charge in [0.1, 0.15) is 11.5 Å². The van der Waals surface area contributed by atoms with E-state index in [0.29, 0.717) is 0 Å². The van der Waals surface area contributed by atoms with Crippen molar-refractivity contribution in [3.05, 3.63) is 83.1 Å². The summed E-state index contributed by atoms with van der Waals surface area (Å²) in [5, 5.41) is 7.37. The van der Waals surface area contributed by atoms with Gasteiger partial charge in [0.15, 0.2) is 0 Å². The van der Waals surface area contributed by atoms with E-state index in [1.165, 1.54) is 27.7 Å². The highest BCUT2D eigenvalue weighted by Gasteiger charge is 2.19. The molecule has 0 fully saturated rings. The van der Waals surface area contributed by atoms with Gasteiger partial charge in [0.25, 0.3) is 0 Å². The van der Waals surface area contributed by atoms with E-state index >= 15 is 0 Å². The molecule has 0 amide bonds. The lowest BCUT2D eigenvalue weighted by molar-refractivity contribution is 0.548. The van der Waals surface area contributed by atoms with Crippen LogP contribution in [0.15, 0.2) is 59.1 Å². The van der Waals surface area contributed by atoms with Crippen molar-refractivity contribution < 1.29 is 4.42 Å². The van der Waals surface area contributed by atoms with Crippen molar-refractivity contribution in [3.8, 4) is 11.3 Å². The number of nitrogens with zero attached hydrogens (tertiary/aromatic N) is 3. The summed E-state index contributed by atoms with van der Waals surface area (Å²) in [5.74, 6) is 1.80. The van der Waals surface area contributed by atoms with Crippen LogP contribution in [-0.4, -0.2) is 14.2 Å². The minimum Gasteiger partial charge on any atom is -0.461 e. The van der Waals surface area contributed by atoms with Crippen molar-refractivity contribution in [2.24, 2.45) is 0 Å². The number of aromatic nitrogens is 3. The van der Waals surface area contributed by atoms with Gasteiger partial charge in [-0.15, -0.1) is 0 Å². The van der Waals surface area contributed by atoms with Crippen LogP contribution in [0.25, 0.3) is 27.6 Å². The number of fused-ring (bicyclic) bond motifs is 3. The van der Waals surface area contributed by atoms with E-state index in [4.69, 9.17) is 9.52 Å². The minimum atomic E-state index is 0.865. The Balaban J connectivity index is 1.75. The third-order valence-corrected chi connectivity index (χ3v) is 5.67. The van der Waals surface area contributed by atoms with Gasteiger partial charge in [-0.2, -0.15) is 5.10 Å². The first-order chi connectivity index (χ1) is 13.5. The average Bonchev–Trinajstić information content (AvgIpc) is 3.36. The van der Waals surface area contributed by atoms with Crippen LogP contribution in [0.4, 0.5) is 0 Å². The zero-order valence-electron chi connectivity index (χ0n) is 16.7. The van der Waals surface area contributed by atoms with Crippen LogP contribution < -0.4 is 0 Å². The second kappa shape index (κ2) is 6.13. The second-order valence-corrected chi connectivity index (χ2v) is 7.55. The highest BCUT2D eigenvalue weighted by atomic mass is 16.3. The zero-order valence-corrected chi connectivity index (χ0v) is 16.7. The maximum atomic E-state index is 5.83. The average molecular weight is 369 g/mol.